The summed E-state index contributed by atoms with van der Waals surface area (Å²) in [5.74, 6) is 0. The number of likely N-dealkylation sites (tertiary alicyclic amines) is 1. The smallest absolute Gasteiger partial charge is 0.407 e. The zero-order chi connectivity index (χ0) is 15.9. The molecule has 5 heteroatoms. The van der Waals surface area contributed by atoms with Gasteiger partial charge in [-0.2, -0.15) is 0 Å². The minimum Gasteiger partial charge on any atom is -0.450 e. The van der Waals surface area contributed by atoms with Crippen LogP contribution in [0.5, 0.6) is 0 Å². The fraction of sp³-hybridized carbons (Fsp3) is 0.588. The molecule has 1 fully saturated rings. The molecule has 0 saturated carbocycles. The molecular formula is C17H26N2O3. The van der Waals surface area contributed by atoms with E-state index in [2.05, 4.69) is 29.3 Å². The van der Waals surface area contributed by atoms with E-state index in [9.17, 15) is 9.90 Å². The summed E-state index contributed by atoms with van der Waals surface area (Å²) < 4.78 is 4.88. The number of amides is 1. The van der Waals surface area contributed by atoms with E-state index in [-0.39, 0.29) is 6.04 Å². The number of nitrogens with zero attached hydrogens (tertiary/aromatic N) is 1. The molecule has 1 aromatic carbocycles. The van der Waals surface area contributed by atoms with E-state index in [1.54, 1.807) is 6.92 Å². The van der Waals surface area contributed by atoms with Crippen molar-refractivity contribution in [1.82, 2.24) is 10.2 Å². The molecule has 1 aliphatic rings. The Balaban J connectivity index is 1.95. The number of aliphatic hydroxyl groups excluding tert-OH is 1. The van der Waals surface area contributed by atoms with E-state index in [0.29, 0.717) is 19.2 Å². The monoisotopic (exact) mass is 306 g/mol. The second-order valence-electron chi connectivity index (χ2n) is 5.66. The van der Waals surface area contributed by atoms with Crippen LogP contribution in [0.4, 0.5) is 4.79 Å². The summed E-state index contributed by atoms with van der Waals surface area (Å²) in [6, 6.07) is 10.4. The summed E-state index contributed by atoms with van der Waals surface area (Å²) in [5, 5.41) is 13.1. The van der Waals surface area contributed by atoms with Gasteiger partial charge in [0.15, 0.2) is 0 Å². The molecule has 22 heavy (non-hydrogen) atoms. The summed E-state index contributed by atoms with van der Waals surface area (Å²) in [6.07, 6.45) is 0.696. The maximum atomic E-state index is 11.5. The predicted molar refractivity (Wildman–Crippen MR) is 85.6 cm³/mol. The van der Waals surface area contributed by atoms with Crippen molar-refractivity contribution in [2.24, 2.45) is 0 Å². The number of rotatable bonds is 5. The lowest BCUT2D eigenvalue weighted by Gasteiger charge is -2.40. The van der Waals surface area contributed by atoms with Crippen molar-refractivity contribution in [3.63, 3.8) is 0 Å². The summed E-state index contributed by atoms with van der Waals surface area (Å²) in [7, 11) is 0. The third-order valence-corrected chi connectivity index (χ3v) is 4.20. The Morgan fingerprint density at radius 3 is 2.73 bits per heavy atom. The molecule has 1 heterocycles. The van der Waals surface area contributed by atoms with E-state index >= 15 is 0 Å². The average Bonchev–Trinajstić information content (AvgIpc) is 2.52. The first kappa shape index (κ1) is 16.8. The van der Waals surface area contributed by atoms with Crippen molar-refractivity contribution in [2.75, 3.05) is 19.7 Å². The van der Waals surface area contributed by atoms with E-state index in [1.807, 2.05) is 18.2 Å². The molecule has 1 saturated heterocycles. The Labute approximate surface area is 132 Å². The largest absolute Gasteiger partial charge is 0.450 e. The summed E-state index contributed by atoms with van der Waals surface area (Å²) in [4.78, 5) is 13.8. The van der Waals surface area contributed by atoms with Crippen LogP contribution in [0.3, 0.4) is 0 Å². The molecule has 0 aliphatic carbocycles. The quantitative estimate of drug-likeness (QED) is 0.876. The number of hydrogen-bond acceptors (Lipinski definition) is 4. The van der Waals surface area contributed by atoms with Crippen molar-refractivity contribution >= 4 is 6.09 Å². The Hall–Kier alpha value is -1.59. The van der Waals surface area contributed by atoms with Crippen LogP contribution in [0.15, 0.2) is 30.3 Å². The van der Waals surface area contributed by atoms with Gasteiger partial charge in [0.2, 0.25) is 0 Å². The van der Waals surface area contributed by atoms with Crippen LogP contribution >= 0.6 is 0 Å². The van der Waals surface area contributed by atoms with Gasteiger partial charge in [-0.1, -0.05) is 37.3 Å². The number of alkyl carbamates (subject to hydrolysis) is 1. The van der Waals surface area contributed by atoms with Crippen LogP contribution in [0, 0.1) is 0 Å². The zero-order valence-electron chi connectivity index (χ0n) is 13.4. The van der Waals surface area contributed by atoms with Crippen LogP contribution in [-0.4, -0.2) is 47.9 Å². The van der Waals surface area contributed by atoms with Crippen molar-refractivity contribution in [3.05, 3.63) is 35.9 Å². The number of carbonyl (C=O) groups is 1. The van der Waals surface area contributed by atoms with Gasteiger partial charge >= 0.3 is 6.09 Å². The van der Waals surface area contributed by atoms with E-state index in [1.165, 1.54) is 5.56 Å². The highest BCUT2D eigenvalue weighted by molar-refractivity contribution is 5.67. The number of ether oxygens (including phenoxy) is 1. The molecule has 3 atom stereocenters. The number of hydrogen-bond donors (Lipinski definition) is 2. The van der Waals surface area contributed by atoms with Crippen LogP contribution < -0.4 is 5.32 Å². The zero-order valence-corrected chi connectivity index (χ0v) is 13.4. The highest BCUT2D eigenvalue weighted by Gasteiger charge is 2.32. The highest BCUT2D eigenvalue weighted by atomic mass is 16.5. The van der Waals surface area contributed by atoms with Gasteiger partial charge in [-0.3, -0.25) is 4.90 Å². The minimum atomic E-state index is -0.573. The molecule has 122 valence electrons. The Bertz CT molecular complexity index is 466. The van der Waals surface area contributed by atoms with E-state index in [0.717, 1.165) is 19.4 Å². The third-order valence-electron chi connectivity index (χ3n) is 4.20. The van der Waals surface area contributed by atoms with Crippen molar-refractivity contribution < 1.29 is 14.6 Å². The van der Waals surface area contributed by atoms with Gasteiger partial charge in [-0.15, -0.1) is 0 Å². The van der Waals surface area contributed by atoms with E-state index < -0.39 is 12.2 Å². The van der Waals surface area contributed by atoms with Gasteiger partial charge in [0.1, 0.15) is 0 Å². The van der Waals surface area contributed by atoms with Gasteiger partial charge in [0.05, 0.1) is 18.8 Å². The molecule has 2 N–H and O–H groups in total. The summed E-state index contributed by atoms with van der Waals surface area (Å²) >= 11 is 0. The summed E-state index contributed by atoms with van der Waals surface area (Å²) in [5.41, 5.74) is 1.27. The van der Waals surface area contributed by atoms with Crippen molar-refractivity contribution in [1.29, 1.82) is 0 Å². The minimum absolute atomic E-state index is 0.233. The van der Waals surface area contributed by atoms with Crippen LogP contribution in [-0.2, 0) is 4.74 Å². The molecule has 0 aromatic heterocycles. The summed E-state index contributed by atoms with van der Waals surface area (Å²) in [6.45, 7) is 5.68. The topological polar surface area (TPSA) is 61.8 Å². The second-order valence-corrected chi connectivity index (χ2v) is 5.66. The van der Waals surface area contributed by atoms with Crippen LogP contribution in [0.25, 0.3) is 0 Å². The van der Waals surface area contributed by atoms with Gasteiger partial charge in [-0.25, -0.2) is 4.79 Å². The van der Waals surface area contributed by atoms with Crippen molar-refractivity contribution in [2.45, 2.75) is 44.9 Å². The third kappa shape index (κ3) is 4.21. The molecule has 0 radical (unpaired) electrons. The fourth-order valence-electron chi connectivity index (χ4n) is 3.11. The number of piperidine rings is 1. The maximum absolute atomic E-state index is 11.5. The first-order valence-electron chi connectivity index (χ1n) is 8.06. The first-order chi connectivity index (χ1) is 10.7. The number of carbonyl (C=O) groups excluding carboxylic acids is 1. The molecule has 1 aromatic rings. The number of nitrogens with one attached hydrogen (secondary N) is 1. The van der Waals surface area contributed by atoms with Crippen LogP contribution in [0.1, 0.15) is 38.3 Å². The van der Waals surface area contributed by atoms with Gasteiger partial charge in [0, 0.05) is 19.1 Å². The molecule has 2 rings (SSSR count). The van der Waals surface area contributed by atoms with Crippen LogP contribution in [0.2, 0.25) is 0 Å². The molecule has 0 spiro atoms. The highest BCUT2D eigenvalue weighted by Crippen LogP contribution is 2.27. The lowest BCUT2D eigenvalue weighted by atomic mass is 9.96. The number of aliphatic hydroxyl groups is 1. The Kier molecular flexibility index (Phi) is 6.21. The molecular weight excluding hydrogens is 280 g/mol. The van der Waals surface area contributed by atoms with Gasteiger partial charge in [0.25, 0.3) is 0 Å². The predicted octanol–water partition coefficient (Wildman–Crippen LogP) is 2.32. The SMILES string of the molecule is CCOC(=O)N[C@H]1CCN(C(CC)c2ccccc2)C[C@@H]1O. The Morgan fingerprint density at radius 2 is 2.14 bits per heavy atom. The molecule has 1 aliphatic heterocycles. The maximum Gasteiger partial charge on any atom is 0.407 e. The lowest BCUT2D eigenvalue weighted by Crippen LogP contribution is -2.54. The van der Waals surface area contributed by atoms with Gasteiger partial charge in [-0.05, 0) is 25.3 Å². The Morgan fingerprint density at radius 1 is 1.41 bits per heavy atom. The van der Waals surface area contributed by atoms with E-state index in [4.69, 9.17) is 4.74 Å². The number of β-amino-alcohol motifs (C(OH)–C–C–N with tert-alkyl or cyclic N) is 1. The standard InChI is InChI=1S/C17H26N2O3/c1-3-15(13-8-6-5-7-9-13)19-11-10-14(16(20)12-19)18-17(21)22-4-2/h5-9,14-16,20H,3-4,10-12H2,1-2H3,(H,18,21)/t14-,15?,16-/m0/s1. The lowest BCUT2D eigenvalue weighted by molar-refractivity contribution is 0.0181. The molecule has 5 nitrogen and oxygen atoms in total. The fourth-order valence-corrected chi connectivity index (χ4v) is 3.11. The van der Waals surface area contributed by atoms with Gasteiger partial charge < -0.3 is 15.2 Å². The molecule has 0 bridgehead atoms. The second kappa shape index (κ2) is 8.15. The van der Waals surface area contributed by atoms with Crippen molar-refractivity contribution in [3.8, 4) is 0 Å². The molecule has 1 unspecified atom stereocenters. The normalized spacial score (nSPS) is 23.8. The first-order valence-corrected chi connectivity index (χ1v) is 8.06. The average molecular weight is 306 g/mol. The molecule has 1 amide bonds. The number of benzene rings is 1.